The van der Waals surface area contributed by atoms with Crippen LogP contribution in [0, 0.1) is 5.82 Å². The van der Waals surface area contributed by atoms with Gasteiger partial charge in [-0.05, 0) is 48.7 Å². The van der Waals surface area contributed by atoms with Gasteiger partial charge in [0, 0.05) is 32.7 Å². The van der Waals surface area contributed by atoms with Gasteiger partial charge in [-0.25, -0.2) is 9.38 Å². The lowest BCUT2D eigenvalue weighted by atomic mass is 10.1. The lowest BCUT2D eigenvalue weighted by Crippen LogP contribution is -2.38. The Kier molecular flexibility index (Phi) is 10.5. The smallest absolute Gasteiger partial charge is 0.253 e. The Balaban J connectivity index is 0.00000392. The zero-order valence-corrected chi connectivity index (χ0v) is 18.9. The van der Waals surface area contributed by atoms with E-state index >= 15 is 0 Å². The van der Waals surface area contributed by atoms with Crippen molar-refractivity contribution in [1.29, 1.82) is 0 Å². The summed E-state index contributed by atoms with van der Waals surface area (Å²) in [6, 6.07) is 14.0. The van der Waals surface area contributed by atoms with Gasteiger partial charge in [0.15, 0.2) is 5.96 Å². The second kappa shape index (κ2) is 12.3. The van der Waals surface area contributed by atoms with E-state index in [4.69, 9.17) is 0 Å². The first kappa shape index (κ1) is 23.9. The van der Waals surface area contributed by atoms with E-state index in [2.05, 4.69) is 15.6 Å². The first-order chi connectivity index (χ1) is 13.0. The largest absolute Gasteiger partial charge is 0.357 e. The topological polar surface area (TPSA) is 56.7 Å². The molecule has 0 spiro atoms. The molecule has 1 amide bonds. The van der Waals surface area contributed by atoms with Crippen LogP contribution >= 0.6 is 24.0 Å². The highest BCUT2D eigenvalue weighted by Crippen LogP contribution is 2.07. The molecule has 0 bridgehead atoms. The molecule has 0 aliphatic carbocycles. The highest BCUT2D eigenvalue weighted by molar-refractivity contribution is 14.0. The summed E-state index contributed by atoms with van der Waals surface area (Å²) in [5.41, 5.74) is 2.76. The first-order valence-corrected chi connectivity index (χ1v) is 9.07. The average Bonchev–Trinajstić information content (AvgIpc) is 2.67. The number of rotatable bonds is 7. The summed E-state index contributed by atoms with van der Waals surface area (Å²) < 4.78 is 12.9. The maximum atomic E-state index is 12.9. The summed E-state index contributed by atoms with van der Waals surface area (Å²) in [4.78, 5) is 18.1. The molecule has 2 aromatic carbocycles. The summed E-state index contributed by atoms with van der Waals surface area (Å²) >= 11 is 0. The molecule has 7 heteroatoms. The number of amides is 1. The van der Waals surface area contributed by atoms with Gasteiger partial charge in [-0.1, -0.05) is 24.3 Å². The van der Waals surface area contributed by atoms with E-state index < -0.39 is 0 Å². The third-order valence-electron chi connectivity index (χ3n) is 3.99. The van der Waals surface area contributed by atoms with Crippen molar-refractivity contribution in [3.8, 4) is 0 Å². The molecular formula is C21H28FIN4O. The lowest BCUT2D eigenvalue weighted by Gasteiger charge is -2.12. The molecule has 152 valence electrons. The molecule has 28 heavy (non-hydrogen) atoms. The zero-order valence-electron chi connectivity index (χ0n) is 16.5. The molecule has 2 rings (SSSR count). The van der Waals surface area contributed by atoms with Crippen molar-refractivity contribution in [2.45, 2.75) is 19.9 Å². The molecule has 0 radical (unpaired) electrons. The molecule has 0 saturated carbocycles. The van der Waals surface area contributed by atoms with Gasteiger partial charge >= 0.3 is 0 Å². The Bertz CT molecular complexity index is 761. The van der Waals surface area contributed by atoms with Gasteiger partial charge in [-0.2, -0.15) is 0 Å². The predicted molar refractivity (Wildman–Crippen MR) is 123 cm³/mol. The third-order valence-corrected chi connectivity index (χ3v) is 3.99. The monoisotopic (exact) mass is 498 g/mol. The van der Waals surface area contributed by atoms with Crippen LogP contribution in [0.25, 0.3) is 0 Å². The normalized spacial score (nSPS) is 10.8. The number of carbonyl (C=O) groups is 1. The van der Waals surface area contributed by atoms with E-state index in [0.717, 1.165) is 30.1 Å². The minimum atomic E-state index is -0.222. The average molecular weight is 498 g/mol. The fourth-order valence-electron chi connectivity index (χ4n) is 2.50. The minimum absolute atomic E-state index is 0. The lowest BCUT2D eigenvalue weighted by molar-refractivity contribution is 0.0827. The van der Waals surface area contributed by atoms with Crippen LogP contribution in [0.2, 0.25) is 0 Å². The molecule has 2 N–H and O–H groups in total. The molecule has 0 saturated heterocycles. The minimum Gasteiger partial charge on any atom is -0.357 e. The zero-order chi connectivity index (χ0) is 19.6. The van der Waals surface area contributed by atoms with Crippen molar-refractivity contribution in [2.75, 3.05) is 27.2 Å². The number of aliphatic imine (C=N–C) groups is 1. The summed E-state index contributed by atoms with van der Waals surface area (Å²) in [7, 11) is 3.47. The van der Waals surface area contributed by atoms with Crippen molar-refractivity contribution in [2.24, 2.45) is 4.99 Å². The molecule has 0 fully saturated rings. The number of guanidine groups is 1. The number of nitrogens with one attached hydrogen (secondary N) is 2. The standard InChI is InChI=1S/C21H27FN4O.HI/c1-4-23-21(24-14-13-16-7-11-19(22)12-8-16)25-15-17-5-9-18(10-6-17)20(27)26(2)3;/h5-12H,4,13-15H2,1-3H3,(H2,23,24,25);1H. The molecule has 0 aliphatic rings. The summed E-state index contributed by atoms with van der Waals surface area (Å²) in [5.74, 6) is 0.494. The van der Waals surface area contributed by atoms with Crippen LogP contribution in [0.4, 0.5) is 4.39 Å². The fraction of sp³-hybridized carbons (Fsp3) is 0.333. The number of nitrogens with zero attached hydrogens (tertiary/aromatic N) is 2. The van der Waals surface area contributed by atoms with Crippen molar-refractivity contribution in [1.82, 2.24) is 15.5 Å². The van der Waals surface area contributed by atoms with Crippen LogP contribution in [0.1, 0.15) is 28.4 Å². The van der Waals surface area contributed by atoms with Crippen molar-refractivity contribution in [3.63, 3.8) is 0 Å². The van der Waals surface area contributed by atoms with E-state index in [1.807, 2.05) is 31.2 Å². The van der Waals surface area contributed by atoms with Crippen LogP contribution in [0.15, 0.2) is 53.5 Å². The molecule has 0 unspecified atom stereocenters. The Morgan fingerprint density at radius 1 is 1.00 bits per heavy atom. The quantitative estimate of drug-likeness (QED) is 0.350. The van der Waals surface area contributed by atoms with Crippen LogP contribution in [-0.2, 0) is 13.0 Å². The second-order valence-corrected chi connectivity index (χ2v) is 6.39. The predicted octanol–water partition coefficient (Wildman–Crippen LogP) is 3.44. The van der Waals surface area contributed by atoms with Crippen molar-refractivity contribution >= 4 is 35.8 Å². The molecule has 0 atom stereocenters. The van der Waals surface area contributed by atoms with Crippen LogP contribution in [0.3, 0.4) is 0 Å². The van der Waals surface area contributed by atoms with Gasteiger partial charge in [0.2, 0.25) is 0 Å². The fourth-order valence-corrected chi connectivity index (χ4v) is 2.50. The molecule has 5 nitrogen and oxygen atoms in total. The summed E-state index contributed by atoms with van der Waals surface area (Å²) in [6.45, 7) is 3.99. The Labute approximate surface area is 183 Å². The van der Waals surface area contributed by atoms with Crippen LogP contribution in [-0.4, -0.2) is 44.0 Å². The van der Waals surface area contributed by atoms with E-state index in [0.29, 0.717) is 18.7 Å². The Morgan fingerprint density at radius 2 is 1.61 bits per heavy atom. The third kappa shape index (κ3) is 7.84. The SMILES string of the molecule is CCNC(=NCc1ccc(C(=O)N(C)C)cc1)NCCc1ccc(F)cc1.I. The van der Waals surface area contributed by atoms with Crippen LogP contribution in [0.5, 0.6) is 0 Å². The van der Waals surface area contributed by atoms with Gasteiger partial charge in [0.1, 0.15) is 5.82 Å². The molecule has 2 aromatic rings. The second-order valence-electron chi connectivity index (χ2n) is 6.39. The van der Waals surface area contributed by atoms with Crippen LogP contribution < -0.4 is 10.6 Å². The van der Waals surface area contributed by atoms with Crippen molar-refractivity contribution in [3.05, 3.63) is 71.0 Å². The Hall–Kier alpha value is -2.16. The molecular weight excluding hydrogens is 470 g/mol. The maximum absolute atomic E-state index is 12.9. The molecule has 0 heterocycles. The van der Waals surface area contributed by atoms with Crippen molar-refractivity contribution < 1.29 is 9.18 Å². The van der Waals surface area contributed by atoms with E-state index in [-0.39, 0.29) is 35.7 Å². The van der Waals surface area contributed by atoms with Gasteiger partial charge in [-0.3, -0.25) is 4.79 Å². The summed E-state index contributed by atoms with van der Waals surface area (Å²) in [5, 5.41) is 6.49. The number of halogens is 2. The van der Waals surface area contributed by atoms with E-state index in [9.17, 15) is 9.18 Å². The highest BCUT2D eigenvalue weighted by Gasteiger charge is 2.07. The Morgan fingerprint density at radius 3 is 2.18 bits per heavy atom. The number of carbonyl (C=O) groups excluding carboxylic acids is 1. The number of hydrogen-bond donors (Lipinski definition) is 2. The van der Waals surface area contributed by atoms with Gasteiger partial charge in [0.05, 0.1) is 6.54 Å². The van der Waals surface area contributed by atoms with E-state index in [1.54, 1.807) is 31.1 Å². The maximum Gasteiger partial charge on any atom is 0.253 e. The summed E-state index contributed by atoms with van der Waals surface area (Å²) in [6.07, 6.45) is 0.784. The van der Waals surface area contributed by atoms with Gasteiger partial charge in [0.25, 0.3) is 5.91 Å². The van der Waals surface area contributed by atoms with Gasteiger partial charge in [-0.15, -0.1) is 24.0 Å². The van der Waals surface area contributed by atoms with E-state index in [1.165, 1.54) is 12.1 Å². The molecule has 0 aliphatic heterocycles. The van der Waals surface area contributed by atoms with Gasteiger partial charge < -0.3 is 15.5 Å². The number of hydrogen-bond acceptors (Lipinski definition) is 2. The first-order valence-electron chi connectivity index (χ1n) is 9.07. The number of benzene rings is 2. The molecule has 0 aromatic heterocycles. The highest BCUT2D eigenvalue weighted by atomic mass is 127.